The number of hydrogen-bond donors (Lipinski definition) is 2. The van der Waals surface area contributed by atoms with Gasteiger partial charge in [-0.25, -0.2) is 0 Å². The van der Waals surface area contributed by atoms with Gasteiger partial charge in [0.2, 0.25) is 0 Å². The highest BCUT2D eigenvalue weighted by molar-refractivity contribution is 7.19. The zero-order valence-electron chi connectivity index (χ0n) is 12.1. The van der Waals surface area contributed by atoms with Crippen LogP contribution in [0.2, 0.25) is 0 Å². The van der Waals surface area contributed by atoms with Gasteiger partial charge in [-0.05, 0) is 13.8 Å². The first-order valence-electron chi connectivity index (χ1n) is 6.69. The van der Waals surface area contributed by atoms with Crippen molar-refractivity contribution in [3.8, 4) is 5.75 Å². The first-order chi connectivity index (χ1) is 9.58. The lowest BCUT2D eigenvalue weighted by molar-refractivity contribution is 0.0533. The molecule has 1 aliphatic heterocycles. The summed E-state index contributed by atoms with van der Waals surface area (Å²) in [4.78, 5) is 14.7. The number of rotatable bonds is 4. The fourth-order valence-electron chi connectivity index (χ4n) is 2.23. The molecule has 1 amide bonds. The molecule has 2 heterocycles. The number of ether oxygens (including phenoxy) is 2. The van der Waals surface area contributed by atoms with Crippen LogP contribution in [0, 0.1) is 0 Å². The Balaban J connectivity index is 2.32. The van der Waals surface area contributed by atoms with E-state index in [1.807, 2.05) is 13.8 Å². The van der Waals surface area contributed by atoms with Gasteiger partial charge in [0.1, 0.15) is 15.6 Å². The summed E-state index contributed by atoms with van der Waals surface area (Å²) in [7, 11) is 1.58. The number of carbonyl (C=O) groups excluding carboxylic acids is 1. The minimum atomic E-state index is -0.152. The number of amides is 1. The smallest absolute Gasteiger partial charge is 0.263 e. The molecule has 7 heteroatoms. The number of carbonyl (C=O) groups is 1. The minimum absolute atomic E-state index is 0.152. The molecular weight excluding hydrogens is 278 g/mol. The van der Waals surface area contributed by atoms with E-state index in [0.717, 1.165) is 18.1 Å². The Morgan fingerprint density at radius 3 is 3.00 bits per heavy atom. The van der Waals surface area contributed by atoms with Gasteiger partial charge in [0.05, 0.1) is 19.8 Å². The van der Waals surface area contributed by atoms with Gasteiger partial charge in [0.15, 0.2) is 5.75 Å². The van der Waals surface area contributed by atoms with Crippen molar-refractivity contribution in [2.24, 2.45) is 0 Å². The fourth-order valence-corrected chi connectivity index (χ4v) is 3.38. The molecule has 1 aromatic heterocycles. The third-order valence-electron chi connectivity index (χ3n) is 3.16. The van der Waals surface area contributed by atoms with Crippen LogP contribution in [0.1, 0.15) is 23.5 Å². The maximum absolute atomic E-state index is 12.0. The molecule has 1 fully saturated rings. The second-order valence-electron chi connectivity index (χ2n) is 4.67. The summed E-state index contributed by atoms with van der Waals surface area (Å²) in [5.41, 5.74) is 6.47. The highest BCUT2D eigenvalue weighted by Gasteiger charge is 2.27. The molecule has 1 atom stereocenters. The molecule has 0 aliphatic carbocycles. The summed E-state index contributed by atoms with van der Waals surface area (Å²) in [5.74, 6) is 0.436. The van der Waals surface area contributed by atoms with Crippen molar-refractivity contribution in [2.45, 2.75) is 20.0 Å². The molecule has 0 saturated carbocycles. The van der Waals surface area contributed by atoms with Crippen LogP contribution in [0.5, 0.6) is 5.75 Å². The molecular formula is C13H21N3O3S. The molecule has 1 saturated heterocycles. The predicted molar refractivity (Wildman–Crippen MR) is 80.9 cm³/mol. The summed E-state index contributed by atoms with van der Waals surface area (Å²) >= 11 is 1.38. The van der Waals surface area contributed by atoms with E-state index in [-0.39, 0.29) is 12.0 Å². The number of morpholine rings is 1. The third-order valence-corrected chi connectivity index (χ3v) is 4.40. The van der Waals surface area contributed by atoms with E-state index in [4.69, 9.17) is 15.2 Å². The van der Waals surface area contributed by atoms with Crippen LogP contribution in [-0.2, 0) is 4.74 Å². The third kappa shape index (κ3) is 2.83. The van der Waals surface area contributed by atoms with Crippen LogP contribution in [0.4, 0.5) is 10.7 Å². The van der Waals surface area contributed by atoms with E-state index in [9.17, 15) is 4.79 Å². The Morgan fingerprint density at radius 1 is 1.65 bits per heavy atom. The number of anilines is 2. The van der Waals surface area contributed by atoms with E-state index in [2.05, 4.69) is 10.2 Å². The van der Waals surface area contributed by atoms with Gasteiger partial charge in [-0.2, -0.15) is 0 Å². The molecule has 0 radical (unpaired) electrons. The number of nitrogens with one attached hydrogen (secondary N) is 1. The Hall–Kier alpha value is -1.47. The number of nitrogens with zero attached hydrogens (tertiary/aromatic N) is 1. The van der Waals surface area contributed by atoms with Crippen molar-refractivity contribution in [1.29, 1.82) is 0 Å². The van der Waals surface area contributed by atoms with Crippen LogP contribution in [0.3, 0.4) is 0 Å². The average molecular weight is 299 g/mol. The fraction of sp³-hybridized carbons (Fsp3) is 0.615. The first-order valence-corrected chi connectivity index (χ1v) is 7.51. The van der Waals surface area contributed by atoms with Crippen LogP contribution in [0.15, 0.2) is 0 Å². The van der Waals surface area contributed by atoms with Gasteiger partial charge >= 0.3 is 0 Å². The van der Waals surface area contributed by atoms with E-state index in [1.165, 1.54) is 11.3 Å². The van der Waals surface area contributed by atoms with Crippen molar-refractivity contribution in [1.82, 2.24) is 5.32 Å². The van der Waals surface area contributed by atoms with Gasteiger partial charge < -0.3 is 25.4 Å². The number of hydrogen-bond acceptors (Lipinski definition) is 6. The molecule has 112 valence electrons. The van der Waals surface area contributed by atoms with Gasteiger partial charge in [0, 0.05) is 19.6 Å². The molecule has 1 aromatic rings. The Bertz CT molecular complexity index is 489. The molecule has 3 N–H and O–H groups in total. The molecule has 2 rings (SSSR count). The summed E-state index contributed by atoms with van der Waals surface area (Å²) < 4.78 is 10.9. The summed E-state index contributed by atoms with van der Waals surface area (Å²) in [6.07, 6.45) is 0.157. The van der Waals surface area contributed by atoms with Gasteiger partial charge in [-0.1, -0.05) is 0 Å². The lowest BCUT2D eigenvalue weighted by atomic mass is 10.3. The molecule has 1 aliphatic rings. The predicted octanol–water partition coefficient (Wildman–Crippen LogP) is 1.31. The van der Waals surface area contributed by atoms with Crippen molar-refractivity contribution < 1.29 is 14.3 Å². The molecule has 20 heavy (non-hydrogen) atoms. The highest BCUT2D eigenvalue weighted by atomic mass is 32.1. The van der Waals surface area contributed by atoms with Crippen molar-refractivity contribution in [2.75, 3.05) is 44.0 Å². The zero-order chi connectivity index (χ0) is 14.7. The maximum Gasteiger partial charge on any atom is 0.263 e. The second kappa shape index (κ2) is 6.32. The molecule has 6 nitrogen and oxygen atoms in total. The normalized spacial score (nSPS) is 18.9. The lowest BCUT2D eigenvalue weighted by Crippen LogP contribution is -2.40. The largest absolute Gasteiger partial charge is 0.492 e. The number of nitrogen functional groups attached to an aromatic ring is 1. The van der Waals surface area contributed by atoms with Gasteiger partial charge in [-0.3, -0.25) is 4.79 Å². The van der Waals surface area contributed by atoms with Crippen LogP contribution >= 0.6 is 11.3 Å². The van der Waals surface area contributed by atoms with Crippen LogP contribution in [-0.4, -0.2) is 45.4 Å². The SMILES string of the molecule is CCNC(=O)c1sc(N2CCOC(C)C2)c(OC)c1N. The summed E-state index contributed by atoms with van der Waals surface area (Å²) in [6, 6.07) is 0. The van der Waals surface area contributed by atoms with E-state index in [0.29, 0.717) is 29.5 Å². The zero-order valence-corrected chi connectivity index (χ0v) is 12.9. The number of methoxy groups -OCH3 is 1. The topological polar surface area (TPSA) is 76.8 Å². The molecule has 0 spiro atoms. The van der Waals surface area contributed by atoms with Crippen molar-refractivity contribution in [3.63, 3.8) is 0 Å². The Kier molecular flexibility index (Phi) is 4.72. The average Bonchev–Trinajstić information content (AvgIpc) is 2.76. The number of nitrogens with two attached hydrogens (primary N) is 1. The van der Waals surface area contributed by atoms with Gasteiger partial charge in [0.25, 0.3) is 5.91 Å². The molecule has 0 aromatic carbocycles. The monoisotopic (exact) mass is 299 g/mol. The standard InChI is InChI=1S/C13H21N3O3S/c1-4-15-12(17)11-9(14)10(18-3)13(20-11)16-5-6-19-8(2)7-16/h8H,4-7,14H2,1-3H3,(H,15,17). The first kappa shape index (κ1) is 14.9. The Morgan fingerprint density at radius 2 is 2.40 bits per heavy atom. The van der Waals surface area contributed by atoms with E-state index < -0.39 is 0 Å². The maximum atomic E-state index is 12.0. The van der Waals surface area contributed by atoms with E-state index >= 15 is 0 Å². The number of thiophene rings is 1. The van der Waals surface area contributed by atoms with Crippen LogP contribution < -0.4 is 20.7 Å². The molecule has 1 unspecified atom stereocenters. The van der Waals surface area contributed by atoms with Gasteiger partial charge in [-0.15, -0.1) is 11.3 Å². The van der Waals surface area contributed by atoms with Crippen molar-refractivity contribution in [3.05, 3.63) is 4.88 Å². The quantitative estimate of drug-likeness (QED) is 0.876. The van der Waals surface area contributed by atoms with Crippen LogP contribution in [0.25, 0.3) is 0 Å². The highest BCUT2D eigenvalue weighted by Crippen LogP contribution is 2.45. The lowest BCUT2D eigenvalue weighted by Gasteiger charge is -2.32. The molecule has 0 bridgehead atoms. The summed E-state index contributed by atoms with van der Waals surface area (Å²) in [5, 5.41) is 3.68. The second-order valence-corrected chi connectivity index (χ2v) is 5.67. The van der Waals surface area contributed by atoms with Crippen molar-refractivity contribution >= 4 is 27.9 Å². The van der Waals surface area contributed by atoms with E-state index in [1.54, 1.807) is 7.11 Å². The minimum Gasteiger partial charge on any atom is -0.492 e. The Labute approximate surface area is 122 Å². The summed E-state index contributed by atoms with van der Waals surface area (Å²) in [6.45, 7) is 6.69.